The number of morpholine rings is 1. The lowest BCUT2D eigenvalue weighted by Crippen LogP contribution is -2.57. The number of hydrogen-bond acceptors (Lipinski definition) is 5. The van der Waals surface area contributed by atoms with Crippen LogP contribution < -0.4 is 0 Å². The highest BCUT2D eigenvalue weighted by Crippen LogP contribution is 2.26. The molecule has 0 aliphatic carbocycles. The molecule has 0 aromatic carbocycles. The monoisotopic (exact) mass is 297 g/mol. The molecule has 8 nitrogen and oxygen atoms in total. The maximum atomic E-state index is 12.3. The second-order valence-electron chi connectivity index (χ2n) is 4.81. The first kappa shape index (κ1) is 13.5. The highest BCUT2D eigenvalue weighted by molar-refractivity contribution is 7.86. The molecule has 1 aromatic rings. The van der Waals surface area contributed by atoms with Gasteiger partial charge in [0.2, 0.25) is 0 Å². The molecule has 3 rings (SSSR count). The molecule has 0 radical (unpaired) electrons. The summed E-state index contributed by atoms with van der Waals surface area (Å²) in [5, 5.41) is 12.8. The molecule has 2 aliphatic rings. The van der Waals surface area contributed by atoms with Crippen molar-refractivity contribution in [2.24, 2.45) is 0 Å². The van der Waals surface area contributed by atoms with E-state index in [1.807, 2.05) is 6.07 Å². The van der Waals surface area contributed by atoms with E-state index in [1.165, 1.54) is 14.8 Å². The van der Waals surface area contributed by atoms with E-state index in [9.17, 15) is 8.42 Å². The van der Waals surface area contributed by atoms with Gasteiger partial charge in [0, 0.05) is 32.4 Å². The average molecular weight is 297 g/mol. The van der Waals surface area contributed by atoms with E-state index in [4.69, 9.17) is 10.00 Å². The number of rotatable bonds is 3. The smallest absolute Gasteiger partial charge is 0.282 e. The third-order valence-corrected chi connectivity index (χ3v) is 5.52. The summed E-state index contributed by atoms with van der Waals surface area (Å²) in [6, 6.07) is 2.01. The average Bonchev–Trinajstić information content (AvgIpc) is 2.86. The van der Waals surface area contributed by atoms with Gasteiger partial charge in [0.15, 0.2) is 0 Å². The Labute approximate surface area is 117 Å². The highest BCUT2D eigenvalue weighted by Gasteiger charge is 2.40. The normalized spacial score (nSPS) is 22.4. The van der Waals surface area contributed by atoms with E-state index in [1.54, 1.807) is 10.9 Å². The van der Waals surface area contributed by atoms with Gasteiger partial charge in [-0.3, -0.25) is 4.68 Å². The Morgan fingerprint density at radius 2 is 2.00 bits per heavy atom. The summed E-state index contributed by atoms with van der Waals surface area (Å²) in [6.07, 6.45) is 3.13. The van der Waals surface area contributed by atoms with Gasteiger partial charge in [-0.2, -0.15) is 27.4 Å². The molecule has 0 spiro atoms. The molecule has 2 saturated heterocycles. The summed E-state index contributed by atoms with van der Waals surface area (Å²) < 4.78 is 34.4. The summed E-state index contributed by atoms with van der Waals surface area (Å²) in [4.78, 5) is 0. The van der Waals surface area contributed by atoms with Crippen LogP contribution in [0, 0.1) is 11.3 Å². The van der Waals surface area contributed by atoms with Crippen LogP contribution in [0.1, 0.15) is 11.6 Å². The second-order valence-corrected chi connectivity index (χ2v) is 6.74. The Balaban J connectivity index is 1.63. The molecule has 2 fully saturated rings. The largest absolute Gasteiger partial charge is 0.379 e. The molecule has 0 unspecified atom stereocenters. The van der Waals surface area contributed by atoms with E-state index in [0.717, 1.165) is 0 Å². The zero-order valence-corrected chi connectivity index (χ0v) is 11.7. The fourth-order valence-corrected chi connectivity index (χ4v) is 3.97. The van der Waals surface area contributed by atoms with Gasteiger partial charge < -0.3 is 4.74 Å². The number of hydrogen-bond donors (Lipinski definition) is 0. The van der Waals surface area contributed by atoms with Gasteiger partial charge in [-0.1, -0.05) is 0 Å². The van der Waals surface area contributed by atoms with Crippen molar-refractivity contribution in [3.8, 4) is 6.07 Å². The molecular weight excluding hydrogens is 282 g/mol. The van der Waals surface area contributed by atoms with Gasteiger partial charge in [-0.25, -0.2) is 0 Å². The Hall–Kier alpha value is -1.47. The molecule has 3 heterocycles. The van der Waals surface area contributed by atoms with Crippen molar-refractivity contribution >= 4 is 10.2 Å². The van der Waals surface area contributed by atoms with E-state index < -0.39 is 10.2 Å². The van der Waals surface area contributed by atoms with Crippen molar-refractivity contribution in [2.75, 3.05) is 39.4 Å². The molecule has 20 heavy (non-hydrogen) atoms. The third kappa shape index (κ3) is 2.31. The number of aromatic nitrogens is 2. The fourth-order valence-electron chi connectivity index (χ4n) is 2.31. The summed E-state index contributed by atoms with van der Waals surface area (Å²) in [5.74, 6) is 0. The minimum Gasteiger partial charge on any atom is -0.379 e. The van der Waals surface area contributed by atoms with Crippen LogP contribution in [0.5, 0.6) is 0 Å². The molecule has 1 aromatic heterocycles. The molecule has 0 bridgehead atoms. The molecule has 0 atom stereocenters. The molecule has 0 saturated carbocycles. The van der Waals surface area contributed by atoms with Crippen molar-refractivity contribution in [3.05, 3.63) is 18.0 Å². The minimum absolute atomic E-state index is 0.00733. The SMILES string of the molecule is N#Cc1cnn(C2CN(S(=O)(=O)N3CCOCC3)C2)c1. The van der Waals surface area contributed by atoms with Crippen LogP contribution in [-0.2, 0) is 14.9 Å². The maximum absolute atomic E-state index is 12.3. The fraction of sp³-hybridized carbons (Fsp3) is 0.636. The lowest BCUT2D eigenvalue weighted by molar-refractivity contribution is 0.0663. The minimum atomic E-state index is -3.38. The summed E-state index contributed by atoms with van der Waals surface area (Å²) in [5.41, 5.74) is 0.486. The van der Waals surface area contributed by atoms with E-state index in [0.29, 0.717) is 45.0 Å². The van der Waals surface area contributed by atoms with E-state index in [2.05, 4.69) is 5.10 Å². The topological polar surface area (TPSA) is 91.5 Å². The summed E-state index contributed by atoms with van der Waals surface area (Å²) in [6.45, 7) is 2.49. The number of nitrogens with zero attached hydrogens (tertiary/aromatic N) is 5. The summed E-state index contributed by atoms with van der Waals surface area (Å²) >= 11 is 0. The van der Waals surface area contributed by atoms with Crippen molar-refractivity contribution in [1.29, 1.82) is 5.26 Å². The van der Waals surface area contributed by atoms with Gasteiger partial charge in [-0.15, -0.1) is 0 Å². The van der Waals surface area contributed by atoms with Crippen molar-refractivity contribution < 1.29 is 13.2 Å². The lowest BCUT2D eigenvalue weighted by atomic mass is 10.2. The van der Waals surface area contributed by atoms with Gasteiger partial charge in [0.25, 0.3) is 10.2 Å². The van der Waals surface area contributed by atoms with Crippen molar-refractivity contribution in [3.63, 3.8) is 0 Å². The zero-order chi connectivity index (χ0) is 14.2. The Morgan fingerprint density at radius 3 is 2.60 bits per heavy atom. The quantitative estimate of drug-likeness (QED) is 0.727. The van der Waals surface area contributed by atoms with Crippen LogP contribution >= 0.6 is 0 Å². The lowest BCUT2D eigenvalue weighted by Gasteiger charge is -2.41. The highest BCUT2D eigenvalue weighted by atomic mass is 32.2. The number of ether oxygens (including phenoxy) is 1. The molecule has 108 valence electrons. The second kappa shape index (κ2) is 5.14. The number of nitriles is 1. The van der Waals surface area contributed by atoms with Crippen LogP contribution in [0.3, 0.4) is 0 Å². The first-order chi connectivity index (χ1) is 9.61. The molecule has 2 aliphatic heterocycles. The van der Waals surface area contributed by atoms with Gasteiger partial charge in [-0.05, 0) is 0 Å². The van der Waals surface area contributed by atoms with E-state index in [-0.39, 0.29) is 6.04 Å². The van der Waals surface area contributed by atoms with Gasteiger partial charge >= 0.3 is 0 Å². The van der Waals surface area contributed by atoms with Crippen LogP contribution in [0.4, 0.5) is 0 Å². The van der Waals surface area contributed by atoms with Crippen molar-refractivity contribution in [1.82, 2.24) is 18.4 Å². The molecule has 0 amide bonds. The van der Waals surface area contributed by atoms with Crippen molar-refractivity contribution in [2.45, 2.75) is 6.04 Å². The standard InChI is InChI=1S/C11H15N5O3S/c12-5-10-6-13-16(7-10)11-8-15(9-11)20(17,18)14-1-3-19-4-2-14/h6-7,11H,1-4,8-9H2. The van der Waals surface area contributed by atoms with Crippen LogP contribution in [0.2, 0.25) is 0 Å². The van der Waals surface area contributed by atoms with E-state index >= 15 is 0 Å². The molecule has 9 heteroatoms. The third-order valence-electron chi connectivity index (χ3n) is 3.56. The van der Waals surface area contributed by atoms with Gasteiger partial charge in [0.1, 0.15) is 6.07 Å². The molecule has 0 N–H and O–H groups in total. The molecular formula is C11H15N5O3S. The Kier molecular flexibility index (Phi) is 3.47. The predicted octanol–water partition coefficient (Wildman–Crippen LogP) is -0.812. The van der Waals surface area contributed by atoms with Gasteiger partial charge in [0.05, 0.1) is 31.0 Å². The maximum Gasteiger partial charge on any atom is 0.282 e. The van der Waals surface area contributed by atoms with Crippen LogP contribution in [-0.4, -0.2) is 66.2 Å². The first-order valence-electron chi connectivity index (χ1n) is 6.38. The predicted molar refractivity (Wildman–Crippen MR) is 68.9 cm³/mol. The summed E-state index contributed by atoms with van der Waals surface area (Å²) in [7, 11) is -3.38. The first-order valence-corrected chi connectivity index (χ1v) is 7.78. The Morgan fingerprint density at radius 1 is 1.30 bits per heavy atom. The zero-order valence-electron chi connectivity index (χ0n) is 10.8. The van der Waals surface area contributed by atoms with Crippen LogP contribution in [0.15, 0.2) is 12.4 Å². The Bertz CT molecular complexity index is 623. The van der Waals surface area contributed by atoms with Crippen LogP contribution in [0.25, 0.3) is 0 Å².